The number of rotatable bonds is 3. The molecule has 0 aromatic heterocycles. The van der Waals surface area contributed by atoms with Gasteiger partial charge in [-0.15, -0.1) is 0 Å². The van der Waals surface area contributed by atoms with E-state index in [4.69, 9.17) is 23.2 Å². The van der Waals surface area contributed by atoms with Gasteiger partial charge in [0.2, 0.25) is 0 Å². The van der Waals surface area contributed by atoms with Crippen LogP contribution in [0.3, 0.4) is 0 Å². The smallest absolute Gasteiger partial charge is 0.0465 e. The predicted octanol–water partition coefficient (Wildman–Crippen LogP) is 4.99. The number of alkyl halides is 1. The molecule has 0 bridgehead atoms. The van der Waals surface area contributed by atoms with E-state index in [0.29, 0.717) is 9.85 Å². The van der Waals surface area contributed by atoms with Crippen LogP contribution in [-0.4, -0.2) is 22.8 Å². The van der Waals surface area contributed by atoms with Gasteiger partial charge in [0.15, 0.2) is 0 Å². The molecule has 1 aliphatic heterocycles. The first-order chi connectivity index (χ1) is 8.56. The van der Waals surface area contributed by atoms with Crippen LogP contribution < -0.4 is 0 Å². The maximum Gasteiger partial charge on any atom is 0.0465 e. The Kier molecular flexibility index (Phi) is 5.37. The minimum Gasteiger partial charge on any atom is -0.299 e. The molecule has 0 radical (unpaired) electrons. The lowest BCUT2D eigenvalue weighted by molar-refractivity contribution is 0.178. The van der Waals surface area contributed by atoms with Crippen LogP contribution in [0.1, 0.15) is 25.3 Å². The molecule has 0 amide bonds. The lowest BCUT2D eigenvalue weighted by Crippen LogP contribution is -2.35. The van der Waals surface area contributed by atoms with Crippen LogP contribution in [0.5, 0.6) is 0 Å². The average Bonchev–Trinajstić information content (AvgIpc) is 2.33. The number of halogens is 3. The highest BCUT2D eigenvalue weighted by molar-refractivity contribution is 9.09. The summed E-state index contributed by atoms with van der Waals surface area (Å²) in [7, 11) is 0. The van der Waals surface area contributed by atoms with Crippen molar-refractivity contribution in [2.75, 3.05) is 13.1 Å². The molecule has 1 saturated heterocycles. The van der Waals surface area contributed by atoms with E-state index in [2.05, 4.69) is 27.8 Å². The Balaban J connectivity index is 1.91. The van der Waals surface area contributed by atoms with Crippen molar-refractivity contribution < 1.29 is 0 Å². The lowest BCUT2D eigenvalue weighted by Gasteiger charge is -2.33. The van der Waals surface area contributed by atoms with Gasteiger partial charge in [0, 0.05) is 21.4 Å². The van der Waals surface area contributed by atoms with Gasteiger partial charge >= 0.3 is 0 Å². The second kappa shape index (κ2) is 6.60. The van der Waals surface area contributed by atoms with Crippen LogP contribution >= 0.6 is 39.1 Å². The Labute approximate surface area is 128 Å². The van der Waals surface area contributed by atoms with E-state index in [9.17, 15) is 0 Å². The normalized spacial score (nSPS) is 20.0. The van der Waals surface area contributed by atoms with Crippen LogP contribution in [0.2, 0.25) is 10.0 Å². The molecule has 1 aromatic rings. The molecule has 1 nitrogen and oxygen atoms in total. The molecule has 1 fully saturated rings. The van der Waals surface area contributed by atoms with E-state index in [1.165, 1.54) is 18.4 Å². The van der Waals surface area contributed by atoms with Crippen molar-refractivity contribution >= 4 is 39.1 Å². The first-order valence-electron chi connectivity index (χ1n) is 6.36. The third-order valence-corrected chi connectivity index (χ3v) is 5.03. The molecule has 1 atom stereocenters. The van der Waals surface area contributed by atoms with Gasteiger partial charge < -0.3 is 0 Å². The fourth-order valence-corrected chi connectivity index (χ4v) is 3.46. The Bertz CT molecular complexity index is 401. The Hall–Kier alpha value is 0.240. The maximum atomic E-state index is 6.21. The molecule has 4 heteroatoms. The van der Waals surface area contributed by atoms with E-state index in [-0.39, 0.29) is 0 Å². The minimum atomic E-state index is 0.624. The number of nitrogens with zero attached hydrogens (tertiary/aromatic N) is 1. The third kappa shape index (κ3) is 3.86. The minimum absolute atomic E-state index is 0.624. The zero-order valence-corrected chi connectivity index (χ0v) is 13.6. The number of hydrogen-bond donors (Lipinski definition) is 0. The van der Waals surface area contributed by atoms with Crippen molar-refractivity contribution in [3.63, 3.8) is 0 Å². The van der Waals surface area contributed by atoms with Gasteiger partial charge in [-0.25, -0.2) is 0 Å². The molecule has 100 valence electrons. The fourth-order valence-electron chi connectivity index (χ4n) is 2.46. The molecule has 1 aliphatic rings. The monoisotopic (exact) mass is 349 g/mol. The highest BCUT2D eigenvalue weighted by Crippen LogP contribution is 2.27. The predicted molar refractivity (Wildman–Crippen MR) is 82.9 cm³/mol. The average molecular weight is 351 g/mol. The summed E-state index contributed by atoms with van der Waals surface area (Å²) in [4.78, 5) is 3.10. The van der Waals surface area contributed by atoms with Crippen LogP contribution in [-0.2, 0) is 6.54 Å². The summed E-state index contributed by atoms with van der Waals surface area (Å²) in [5.74, 6) is 0.807. The number of piperidine rings is 1. The molecule has 1 aromatic carbocycles. The quantitative estimate of drug-likeness (QED) is 0.694. The molecule has 1 heterocycles. The molecular weight excluding hydrogens is 333 g/mol. The van der Waals surface area contributed by atoms with E-state index in [1.807, 2.05) is 18.2 Å². The second-order valence-corrected chi connectivity index (χ2v) is 7.31. The van der Waals surface area contributed by atoms with Gasteiger partial charge in [-0.3, -0.25) is 4.90 Å². The number of benzene rings is 1. The van der Waals surface area contributed by atoms with Crippen molar-refractivity contribution in [3.8, 4) is 0 Å². The summed E-state index contributed by atoms with van der Waals surface area (Å²) < 4.78 is 0. The van der Waals surface area contributed by atoms with Crippen molar-refractivity contribution in [1.82, 2.24) is 4.90 Å². The fraction of sp³-hybridized carbons (Fsp3) is 0.571. The van der Waals surface area contributed by atoms with Gasteiger partial charge in [-0.2, -0.15) is 0 Å². The number of likely N-dealkylation sites (tertiary alicyclic amines) is 1. The highest BCUT2D eigenvalue weighted by Gasteiger charge is 2.22. The van der Waals surface area contributed by atoms with Gasteiger partial charge in [0.1, 0.15) is 0 Å². The summed E-state index contributed by atoms with van der Waals surface area (Å²) in [6.45, 7) is 5.48. The van der Waals surface area contributed by atoms with Crippen molar-refractivity contribution in [3.05, 3.63) is 33.8 Å². The Morgan fingerprint density at radius 1 is 1.33 bits per heavy atom. The zero-order chi connectivity index (χ0) is 13.1. The molecule has 18 heavy (non-hydrogen) atoms. The summed E-state index contributed by atoms with van der Waals surface area (Å²) >= 11 is 15.8. The van der Waals surface area contributed by atoms with Gasteiger partial charge in [0.25, 0.3) is 0 Å². The highest BCUT2D eigenvalue weighted by atomic mass is 79.9. The third-order valence-electron chi connectivity index (χ3n) is 3.69. The largest absolute Gasteiger partial charge is 0.299 e. The van der Waals surface area contributed by atoms with Crippen LogP contribution in [0, 0.1) is 5.92 Å². The maximum absolute atomic E-state index is 6.21. The summed E-state index contributed by atoms with van der Waals surface area (Å²) in [6.07, 6.45) is 2.52. The topological polar surface area (TPSA) is 3.24 Å². The lowest BCUT2D eigenvalue weighted by atomic mass is 9.94. The zero-order valence-electron chi connectivity index (χ0n) is 10.5. The van der Waals surface area contributed by atoms with Crippen LogP contribution in [0.25, 0.3) is 0 Å². The summed E-state index contributed by atoms with van der Waals surface area (Å²) in [5.41, 5.74) is 1.17. The molecule has 0 spiro atoms. The molecule has 1 unspecified atom stereocenters. The molecule has 2 rings (SSSR count). The van der Waals surface area contributed by atoms with Crippen LogP contribution in [0.4, 0.5) is 0 Å². The standard InChI is InChI=1S/C14H18BrCl2N/c1-10(15)11-4-6-18(7-5-11)9-12-2-3-13(16)8-14(12)17/h2-3,8,10-11H,4-7,9H2,1H3. The first-order valence-corrected chi connectivity index (χ1v) is 8.04. The van der Waals surface area contributed by atoms with Gasteiger partial charge in [-0.1, -0.05) is 52.1 Å². The van der Waals surface area contributed by atoms with E-state index < -0.39 is 0 Å². The molecule has 0 saturated carbocycles. The summed E-state index contributed by atoms with van der Waals surface area (Å²) in [6, 6.07) is 5.77. The van der Waals surface area contributed by atoms with E-state index in [1.54, 1.807) is 0 Å². The summed E-state index contributed by atoms with van der Waals surface area (Å²) in [5, 5.41) is 1.48. The SMILES string of the molecule is CC(Br)C1CCN(Cc2ccc(Cl)cc2Cl)CC1. The van der Waals surface area contributed by atoms with Crippen molar-refractivity contribution in [2.45, 2.75) is 31.1 Å². The van der Waals surface area contributed by atoms with Gasteiger partial charge in [0.05, 0.1) is 0 Å². The first kappa shape index (κ1) is 14.6. The number of hydrogen-bond acceptors (Lipinski definition) is 1. The van der Waals surface area contributed by atoms with E-state index >= 15 is 0 Å². The van der Waals surface area contributed by atoms with Crippen molar-refractivity contribution in [2.24, 2.45) is 5.92 Å². The Morgan fingerprint density at radius 2 is 2.00 bits per heavy atom. The second-order valence-electron chi connectivity index (χ2n) is 5.03. The molecule has 0 N–H and O–H groups in total. The van der Waals surface area contributed by atoms with E-state index in [0.717, 1.165) is 30.6 Å². The Morgan fingerprint density at radius 3 is 2.56 bits per heavy atom. The molecule has 0 aliphatic carbocycles. The van der Waals surface area contributed by atoms with Crippen molar-refractivity contribution in [1.29, 1.82) is 0 Å². The van der Waals surface area contributed by atoms with Gasteiger partial charge in [-0.05, 0) is 49.5 Å². The molecular formula is C14H18BrCl2N. The van der Waals surface area contributed by atoms with Crippen LogP contribution in [0.15, 0.2) is 18.2 Å².